The van der Waals surface area contributed by atoms with E-state index in [1.54, 1.807) is 7.11 Å². The van der Waals surface area contributed by atoms with Gasteiger partial charge in [-0.25, -0.2) is 0 Å². The predicted octanol–water partition coefficient (Wildman–Crippen LogP) is 5.22. The molecule has 0 aliphatic heterocycles. The number of benzene rings is 2. The SMILES string of the molecule is COc1ccc(Br)cc1Cn1ccc2c(Br)cccc21. The molecule has 2 aromatic carbocycles. The normalized spacial score (nSPS) is 10.9. The number of methoxy groups -OCH3 is 1. The molecule has 0 atom stereocenters. The minimum Gasteiger partial charge on any atom is -0.496 e. The number of halogens is 2. The number of hydrogen-bond acceptors (Lipinski definition) is 1. The smallest absolute Gasteiger partial charge is 0.123 e. The average molecular weight is 395 g/mol. The van der Waals surface area contributed by atoms with Crippen LogP contribution in [0.25, 0.3) is 10.9 Å². The van der Waals surface area contributed by atoms with Crippen LogP contribution in [0.1, 0.15) is 5.56 Å². The highest BCUT2D eigenvalue weighted by Gasteiger charge is 2.08. The van der Waals surface area contributed by atoms with E-state index in [2.05, 4.69) is 73.0 Å². The van der Waals surface area contributed by atoms with Crippen molar-refractivity contribution in [3.63, 3.8) is 0 Å². The van der Waals surface area contributed by atoms with Crippen LogP contribution >= 0.6 is 31.9 Å². The van der Waals surface area contributed by atoms with Gasteiger partial charge in [0.15, 0.2) is 0 Å². The lowest BCUT2D eigenvalue weighted by molar-refractivity contribution is 0.408. The summed E-state index contributed by atoms with van der Waals surface area (Å²) in [5.41, 5.74) is 2.36. The Labute approximate surface area is 134 Å². The molecule has 0 amide bonds. The number of ether oxygens (including phenoxy) is 1. The molecule has 0 radical (unpaired) electrons. The molecule has 0 spiro atoms. The monoisotopic (exact) mass is 393 g/mol. The van der Waals surface area contributed by atoms with E-state index in [0.29, 0.717) is 0 Å². The molecule has 3 aromatic rings. The van der Waals surface area contributed by atoms with Gasteiger partial charge in [-0.15, -0.1) is 0 Å². The Kier molecular flexibility index (Phi) is 3.85. The molecule has 2 nitrogen and oxygen atoms in total. The van der Waals surface area contributed by atoms with Crippen molar-refractivity contribution in [1.29, 1.82) is 0 Å². The fourth-order valence-corrected chi connectivity index (χ4v) is 3.27. The van der Waals surface area contributed by atoms with Crippen LogP contribution in [-0.2, 0) is 6.54 Å². The lowest BCUT2D eigenvalue weighted by Crippen LogP contribution is -2.00. The molecule has 1 heterocycles. The van der Waals surface area contributed by atoms with E-state index in [1.807, 2.05) is 12.1 Å². The number of nitrogens with zero attached hydrogens (tertiary/aromatic N) is 1. The van der Waals surface area contributed by atoms with Crippen LogP contribution in [-0.4, -0.2) is 11.7 Å². The summed E-state index contributed by atoms with van der Waals surface area (Å²) in [6.07, 6.45) is 2.11. The molecule has 0 fully saturated rings. The Bertz CT molecular complexity index is 764. The summed E-state index contributed by atoms with van der Waals surface area (Å²) in [6.45, 7) is 0.780. The summed E-state index contributed by atoms with van der Waals surface area (Å²) < 4.78 is 9.85. The van der Waals surface area contributed by atoms with E-state index in [1.165, 1.54) is 10.9 Å². The number of aromatic nitrogens is 1. The third-order valence-electron chi connectivity index (χ3n) is 3.34. The molecular weight excluding hydrogens is 382 g/mol. The molecule has 0 bridgehead atoms. The van der Waals surface area contributed by atoms with Gasteiger partial charge in [-0.05, 0) is 36.4 Å². The molecule has 0 unspecified atom stereocenters. The molecule has 1 aromatic heterocycles. The zero-order chi connectivity index (χ0) is 14.1. The van der Waals surface area contributed by atoms with Gasteiger partial charge in [-0.3, -0.25) is 0 Å². The minimum atomic E-state index is 0.780. The Morgan fingerprint density at radius 2 is 1.95 bits per heavy atom. The predicted molar refractivity (Wildman–Crippen MR) is 89.4 cm³/mol. The van der Waals surface area contributed by atoms with E-state index in [0.717, 1.165) is 26.8 Å². The second-order valence-electron chi connectivity index (χ2n) is 4.57. The highest BCUT2D eigenvalue weighted by atomic mass is 79.9. The molecule has 0 saturated heterocycles. The summed E-state index contributed by atoms with van der Waals surface area (Å²) in [6, 6.07) is 14.5. The third kappa shape index (κ3) is 2.50. The molecule has 0 aliphatic carbocycles. The zero-order valence-corrected chi connectivity index (χ0v) is 14.1. The maximum absolute atomic E-state index is 5.44. The Morgan fingerprint density at radius 1 is 1.10 bits per heavy atom. The van der Waals surface area contributed by atoms with Crippen LogP contribution < -0.4 is 4.74 Å². The quantitative estimate of drug-likeness (QED) is 0.593. The molecule has 102 valence electrons. The van der Waals surface area contributed by atoms with Crippen molar-refractivity contribution >= 4 is 42.8 Å². The van der Waals surface area contributed by atoms with E-state index < -0.39 is 0 Å². The lowest BCUT2D eigenvalue weighted by Gasteiger charge is -2.11. The second-order valence-corrected chi connectivity index (χ2v) is 6.34. The van der Waals surface area contributed by atoms with Crippen molar-refractivity contribution in [2.45, 2.75) is 6.54 Å². The van der Waals surface area contributed by atoms with Crippen LogP contribution in [0.4, 0.5) is 0 Å². The maximum Gasteiger partial charge on any atom is 0.123 e. The van der Waals surface area contributed by atoms with E-state index in [-0.39, 0.29) is 0 Å². The first-order valence-electron chi connectivity index (χ1n) is 6.25. The summed E-state index contributed by atoms with van der Waals surface area (Å²) in [4.78, 5) is 0. The largest absolute Gasteiger partial charge is 0.496 e. The Morgan fingerprint density at radius 3 is 2.75 bits per heavy atom. The highest BCUT2D eigenvalue weighted by molar-refractivity contribution is 9.11. The number of fused-ring (bicyclic) bond motifs is 1. The molecule has 3 rings (SSSR count). The van der Waals surface area contributed by atoms with Gasteiger partial charge in [0.25, 0.3) is 0 Å². The highest BCUT2D eigenvalue weighted by Crippen LogP contribution is 2.28. The van der Waals surface area contributed by atoms with Crippen LogP contribution in [0, 0.1) is 0 Å². The van der Waals surface area contributed by atoms with Crippen molar-refractivity contribution < 1.29 is 4.74 Å². The van der Waals surface area contributed by atoms with Gasteiger partial charge in [0.2, 0.25) is 0 Å². The first kappa shape index (κ1) is 13.7. The number of hydrogen-bond donors (Lipinski definition) is 0. The van der Waals surface area contributed by atoms with Gasteiger partial charge in [0.05, 0.1) is 13.7 Å². The van der Waals surface area contributed by atoms with Crippen molar-refractivity contribution in [2.75, 3.05) is 7.11 Å². The average Bonchev–Trinajstić information content (AvgIpc) is 2.84. The standard InChI is InChI=1S/C16H13Br2NO/c1-20-16-6-5-12(17)9-11(16)10-19-8-7-13-14(18)3-2-4-15(13)19/h2-9H,10H2,1H3. The van der Waals surface area contributed by atoms with Crippen LogP contribution in [0.3, 0.4) is 0 Å². The van der Waals surface area contributed by atoms with E-state index in [4.69, 9.17) is 4.74 Å². The molecular formula is C16H13Br2NO. The van der Waals surface area contributed by atoms with E-state index >= 15 is 0 Å². The Hall–Kier alpha value is -1.26. The summed E-state index contributed by atoms with van der Waals surface area (Å²) in [5, 5.41) is 1.22. The molecule has 4 heteroatoms. The zero-order valence-electron chi connectivity index (χ0n) is 10.9. The van der Waals surface area contributed by atoms with Gasteiger partial charge in [0, 0.05) is 31.6 Å². The van der Waals surface area contributed by atoms with Gasteiger partial charge in [0.1, 0.15) is 5.75 Å². The van der Waals surface area contributed by atoms with Crippen LogP contribution in [0.2, 0.25) is 0 Å². The van der Waals surface area contributed by atoms with Crippen molar-refractivity contribution in [2.24, 2.45) is 0 Å². The molecule has 0 aliphatic rings. The second kappa shape index (κ2) is 5.62. The fourth-order valence-electron chi connectivity index (χ4n) is 2.38. The van der Waals surface area contributed by atoms with Gasteiger partial charge >= 0.3 is 0 Å². The van der Waals surface area contributed by atoms with Gasteiger partial charge in [-0.2, -0.15) is 0 Å². The van der Waals surface area contributed by atoms with Crippen molar-refractivity contribution in [3.8, 4) is 5.75 Å². The molecule has 20 heavy (non-hydrogen) atoms. The van der Waals surface area contributed by atoms with Crippen molar-refractivity contribution in [3.05, 3.63) is 63.2 Å². The molecule has 0 saturated carbocycles. The first-order valence-corrected chi connectivity index (χ1v) is 7.83. The van der Waals surface area contributed by atoms with Crippen LogP contribution in [0.5, 0.6) is 5.75 Å². The summed E-state index contributed by atoms with van der Waals surface area (Å²) in [5.74, 6) is 0.907. The number of rotatable bonds is 3. The fraction of sp³-hybridized carbons (Fsp3) is 0.125. The summed E-state index contributed by atoms with van der Waals surface area (Å²) in [7, 11) is 1.71. The lowest BCUT2D eigenvalue weighted by atomic mass is 10.2. The first-order chi connectivity index (χ1) is 9.69. The van der Waals surface area contributed by atoms with Gasteiger partial charge < -0.3 is 9.30 Å². The Balaban J connectivity index is 2.06. The van der Waals surface area contributed by atoms with Crippen molar-refractivity contribution in [1.82, 2.24) is 4.57 Å². The topological polar surface area (TPSA) is 14.2 Å². The molecule has 0 N–H and O–H groups in total. The minimum absolute atomic E-state index is 0.780. The maximum atomic E-state index is 5.44. The van der Waals surface area contributed by atoms with Crippen LogP contribution in [0.15, 0.2) is 57.6 Å². The van der Waals surface area contributed by atoms with E-state index in [9.17, 15) is 0 Å². The van der Waals surface area contributed by atoms with Gasteiger partial charge in [-0.1, -0.05) is 37.9 Å². The summed E-state index contributed by atoms with van der Waals surface area (Å²) >= 11 is 7.11. The third-order valence-corrected chi connectivity index (χ3v) is 4.53.